The van der Waals surface area contributed by atoms with Gasteiger partial charge in [0, 0.05) is 6.54 Å². The minimum atomic E-state index is -0.298. The first kappa shape index (κ1) is 13.8. The first-order chi connectivity index (χ1) is 9.15. The van der Waals surface area contributed by atoms with Crippen LogP contribution in [0.15, 0.2) is 41.9 Å². The average Bonchev–Trinajstić information content (AvgIpc) is 2.70. The molecule has 1 fully saturated rings. The topological polar surface area (TPSA) is 32.7 Å². The van der Waals surface area contributed by atoms with E-state index in [9.17, 15) is 9.18 Å². The number of carbonyl (C=O) groups is 1. The summed E-state index contributed by atoms with van der Waals surface area (Å²) in [6, 6.07) is 5.91. The van der Waals surface area contributed by atoms with Crippen molar-refractivity contribution in [2.45, 2.75) is 18.6 Å². The fourth-order valence-electron chi connectivity index (χ4n) is 1.78. The first-order valence-corrected chi connectivity index (χ1v) is 6.97. The van der Waals surface area contributed by atoms with Crippen molar-refractivity contribution >= 4 is 28.5 Å². The van der Waals surface area contributed by atoms with Crippen LogP contribution in [0.25, 0.3) is 0 Å². The predicted octanol–water partition coefficient (Wildman–Crippen LogP) is 3.35. The van der Waals surface area contributed by atoms with E-state index in [-0.39, 0.29) is 17.0 Å². The lowest BCUT2D eigenvalue weighted by molar-refractivity contribution is -0.125. The summed E-state index contributed by atoms with van der Waals surface area (Å²) in [4.78, 5) is 18.1. The SMILES string of the molecule is C=CCN1C(=O)C(CC)SC1=Nc1ccc(F)cc1. The normalized spacial score (nSPS) is 21.2. The van der Waals surface area contributed by atoms with Gasteiger partial charge in [0.25, 0.3) is 0 Å². The second-order valence-electron chi connectivity index (χ2n) is 4.12. The standard InChI is InChI=1S/C14H15FN2OS/c1-3-9-17-13(18)12(4-2)19-14(17)16-11-7-5-10(15)6-8-11/h3,5-8,12H,1,4,9H2,2H3. The molecule has 1 aliphatic heterocycles. The van der Waals surface area contributed by atoms with Gasteiger partial charge in [0.15, 0.2) is 5.17 Å². The Morgan fingerprint density at radius 2 is 2.16 bits per heavy atom. The lowest BCUT2D eigenvalue weighted by atomic mass is 10.3. The van der Waals surface area contributed by atoms with Crippen molar-refractivity contribution in [3.63, 3.8) is 0 Å². The molecule has 0 saturated carbocycles. The number of hydrogen-bond donors (Lipinski definition) is 0. The van der Waals surface area contributed by atoms with Gasteiger partial charge in [0.1, 0.15) is 5.82 Å². The van der Waals surface area contributed by atoms with E-state index in [0.717, 1.165) is 6.42 Å². The van der Waals surface area contributed by atoms with Crippen LogP contribution in [0.2, 0.25) is 0 Å². The summed E-state index contributed by atoms with van der Waals surface area (Å²) in [5.41, 5.74) is 0.641. The average molecular weight is 278 g/mol. The van der Waals surface area contributed by atoms with Crippen LogP contribution >= 0.6 is 11.8 Å². The van der Waals surface area contributed by atoms with E-state index in [4.69, 9.17) is 0 Å². The number of rotatable bonds is 4. The van der Waals surface area contributed by atoms with Gasteiger partial charge >= 0.3 is 0 Å². The molecule has 1 saturated heterocycles. The Bertz CT molecular complexity index is 513. The molecule has 1 heterocycles. The number of thioether (sulfide) groups is 1. The number of amidine groups is 1. The summed E-state index contributed by atoms with van der Waals surface area (Å²) in [7, 11) is 0. The van der Waals surface area contributed by atoms with Crippen LogP contribution in [0, 0.1) is 5.82 Å². The molecule has 0 bridgehead atoms. The molecule has 19 heavy (non-hydrogen) atoms. The third-order valence-corrected chi connectivity index (χ3v) is 4.10. The highest BCUT2D eigenvalue weighted by Crippen LogP contribution is 2.31. The molecule has 0 spiro atoms. The van der Waals surface area contributed by atoms with Gasteiger partial charge in [0.2, 0.25) is 5.91 Å². The Labute approximate surface area is 116 Å². The molecule has 1 aromatic rings. The monoisotopic (exact) mass is 278 g/mol. The van der Waals surface area contributed by atoms with Gasteiger partial charge in [-0.2, -0.15) is 0 Å². The molecule has 100 valence electrons. The van der Waals surface area contributed by atoms with Gasteiger partial charge in [-0.25, -0.2) is 9.38 Å². The first-order valence-electron chi connectivity index (χ1n) is 6.09. The van der Waals surface area contributed by atoms with Gasteiger partial charge < -0.3 is 0 Å². The molecular formula is C14H15FN2OS. The van der Waals surface area contributed by atoms with Crippen molar-refractivity contribution in [3.05, 3.63) is 42.7 Å². The molecule has 5 heteroatoms. The quantitative estimate of drug-likeness (QED) is 0.791. The van der Waals surface area contributed by atoms with E-state index in [1.165, 1.54) is 23.9 Å². The molecular weight excluding hydrogens is 263 g/mol. The fraction of sp³-hybridized carbons (Fsp3) is 0.286. The van der Waals surface area contributed by atoms with E-state index in [1.807, 2.05) is 6.92 Å². The number of halogens is 1. The predicted molar refractivity (Wildman–Crippen MR) is 77.1 cm³/mol. The highest BCUT2D eigenvalue weighted by atomic mass is 32.2. The van der Waals surface area contributed by atoms with Crippen molar-refractivity contribution in [3.8, 4) is 0 Å². The molecule has 3 nitrogen and oxygen atoms in total. The highest BCUT2D eigenvalue weighted by molar-refractivity contribution is 8.15. The Hall–Kier alpha value is -1.62. The van der Waals surface area contributed by atoms with E-state index in [2.05, 4.69) is 11.6 Å². The van der Waals surface area contributed by atoms with Crippen LogP contribution < -0.4 is 0 Å². The molecule has 1 aliphatic rings. The van der Waals surface area contributed by atoms with Crippen LogP contribution in [-0.2, 0) is 4.79 Å². The maximum absolute atomic E-state index is 12.8. The van der Waals surface area contributed by atoms with Crippen molar-refractivity contribution < 1.29 is 9.18 Å². The van der Waals surface area contributed by atoms with Gasteiger partial charge in [-0.1, -0.05) is 24.8 Å². The van der Waals surface area contributed by atoms with Crippen molar-refractivity contribution in [2.24, 2.45) is 4.99 Å². The highest BCUT2D eigenvalue weighted by Gasteiger charge is 2.35. The Balaban J connectivity index is 2.28. The molecule has 1 unspecified atom stereocenters. The summed E-state index contributed by atoms with van der Waals surface area (Å²) in [6.07, 6.45) is 2.44. The zero-order valence-corrected chi connectivity index (χ0v) is 11.5. The van der Waals surface area contributed by atoms with Crippen LogP contribution in [0.4, 0.5) is 10.1 Å². The smallest absolute Gasteiger partial charge is 0.242 e. The molecule has 0 radical (unpaired) electrons. The summed E-state index contributed by atoms with van der Waals surface area (Å²) in [5, 5.41) is 0.572. The van der Waals surface area contributed by atoms with Crippen LogP contribution in [0.1, 0.15) is 13.3 Å². The molecule has 1 aromatic carbocycles. The van der Waals surface area contributed by atoms with Gasteiger partial charge in [0.05, 0.1) is 10.9 Å². The number of amides is 1. The Morgan fingerprint density at radius 1 is 1.47 bits per heavy atom. The number of nitrogens with zero attached hydrogens (tertiary/aromatic N) is 2. The Morgan fingerprint density at radius 3 is 2.74 bits per heavy atom. The van der Waals surface area contributed by atoms with Gasteiger partial charge in [-0.05, 0) is 30.7 Å². The second-order valence-corrected chi connectivity index (χ2v) is 5.29. The van der Waals surface area contributed by atoms with Gasteiger partial charge in [-0.15, -0.1) is 6.58 Å². The van der Waals surface area contributed by atoms with Crippen LogP contribution in [0.3, 0.4) is 0 Å². The minimum Gasteiger partial charge on any atom is -0.286 e. The molecule has 1 amide bonds. The van der Waals surface area contributed by atoms with Crippen molar-refractivity contribution in [1.29, 1.82) is 0 Å². The van der Waals surface area contributed by atoms with Crippen molar-refractivity contribution in [2.75, 3.05) is 6.54 Å². The number of aliphatic imine (C=N–C) groups is 1. The minimum absolute atomic E-state index is 0.0632. The molecule has 0 aromatic heterocycles. The lowest BCUT2D eigenvalue weighted by Crippen LogP contribution is -2.31. The summed E-state index contributed by atoms with van der Waals surface area (Å²) >= 11 is 1.45. The largest absolute Gasteiger partial charge is 0.286 e. The number of benzene rings is 1. The molecule has 1 atom stereocenters. The summed E-state index contributed by atoms with van der Waals surface area (Å²) in [5.74, 6) is -0.234. The zero-order chi connectivity index (χ0) is 13.8. The van der Waals surface area contributed by atoms with E-state index in [0.29, 0.717) is 17.4 Å². The number of carbonyl (C=O) groups excluding carboxylic acids is 1. The fourth-order valence-corrected chi connectivity index (χ4v) is 2.88. The molecule has 0 aliphatic carbocycles. The Kier molecular flexibility index (Phi) is 4.37. The maximum Gasteiger partial charge on any atom is 0.242 e. The second kappa shape index (κ2) is 6.02. The number of hydrogen-bond acceptors (Lipinski definition) is 3. The third kappa shape index (κ3) is 3.04. The van der Waals surface area contributed by atoms with E-state index < -0.39 is 0 Å². The van der Waals surface area contributed by atoms with E-state index >= 15 is 0 Å². The molecule has 0 N–H and O–H groups in total. The summed E-state index contributed by atoms with van der Waals surface area (Å²) in [6.45, 7) is 6.08. The lowest BCUT2D eigenvalue weighted by Gasteiger charge is -2.13. The summed E-state index contributed by atoms with van der Waals surface area (Å²) < 4.78 is 12.8. The van der Waals surface area contributed by atoms with Gasteiger partial charge in [-0.3, -0.25) is 9.69 Å². The maximum atomic E-state index is 12.8. The van der Waals surface area contributed by atoms with Crippen molar-refractivity contribution in [1.82, 2.24) is 4.90 Å². The van der Waals surface area contributed by atoms with Crippen LogP contribution in [0.5, 0.6) is 0 Å². The third-order valence-electron chi connectivity index (χ3n) is 2.75. The zero-order valence-electron chi connectivity index (χ0n) is 10.7. The molecule has 2 rings (SSSR count). The van der Waals surface area contributed by atoms with Crippen LogP contribution in [-0.4, -0.2) is 27.8 Å². The van der Waals surface area contributed by atoms with E-state index in [1.54, 1.807) is 23.1 Å².